The molecule has 2 N–H and O–H groups in total. The summed E-state index contributed by atoms with van der Waals surface area (Å²) in [5.74, 6) is -1.74. The number of benzene rings is 1. The highest BCUT2D eigenvalue weighted by Crippen LogP contribution is 2.11. The summed E-state index contributed by atoms with van der Waals surface area (Å²) >= 11 is 0. The molecule has 0 aliphatic rings. The third-order valence-electron chi connectivity index (χ3n) is 3.31. The van der Waals surface area contributed by atoms with E-state index in [0.29, 0.717) is 24.3 Å². The van der Waals surface area contributed by atoms with Crippen molar-refractivity contribution in [3.8, 4) is 5.75 Å². The van der Waals surface area contributed by atoms with Gasteiger partial charge in [0.2, 0.25) is 0 Å². The summed E-state index contributed by atoms with van der Waals surface area (Å²) in [6, 6.07) is 11.2. The Morgan fingerprint density at radius 1 is 1.04 bits per heavy atom. The van der Waals surface area contributed by atoms with Gasteiger partial charge in [-0.05, 0) is 42.3 Å². The molecule has 0 fully saturated rings. The highest BCUT2D eigenvalue weighted by Gasteiger charge is 1.98. The molecule has 0 aliphatic carbocycles. The van der Waals surface area contributed by atoms with Gasteiger partial charge in [-0.15, -0.1) is 0 Å². The molecule has 2 rings (SSSR count). The second-order valence-electron chi connectivity index (χ2n) is 5.31. The number of hydrogen-bond donors (Lipinski definition) is 2. The van der Waals surface area contributed by atoms with Crippen molar-refractivity contribution >= 4 is 18.2 Å². The molecule has 1 aromatic heterocycles. The second kappa shape index (κ2) is 12.0. The first-order valence-electron chi connectivity index (χ1n) is 8.20. The predicted octanol–water partition coefficient (Wildman–Crippen LogP) is 2.79. The second-order valence-corrected chi connectivity index (χ2v) is 5.31. The molecule has 7 heteroatoms. The van der Waals surface area contributed by atoms with E-state index in [1.165, 1.54) is 5.56 Å². The van der Waals surface area contributed by atoms with Gasteiger partial charge < -0.3 is 14.9 Å². The van der Waals surface area contributed by atoms with Crippen molar-refractivity contribution in [2.24, 2.45) is 0 Å². The highest BCUT2D eigenvalue weighted by atomic mass is 16.5. The summed E-state index contributed by atoms with van der Waals surface area (Å²) in [6.07, 6.45) is 5.63. The molecule has 0 saturated carbocycles. The minimum absolute atomic E-state index is 0.558. The molecule has 142 valence electrons. The van der Waals surface area contributed by atoms with E-state index < -0.39 is 11.9 Å². The molecule has 2 aromatic rings. The van der Waals surface area contributed by atoms with Crippen molar-refractivity contribution in [3.05, 3.63) is 71.6 Å². The SMILES string of the molecule is CCc1ccc(CCOc2ccc(C=O)cc2)nc1.O=C(O)C=CC(=O)O. The molecule has 27 heavy (non-hydrogen) atoms. The van der Waals surface area contributed by atoms with Crippen molar-refractivity contribution < 1.29 is 29.3 Å². The zero-order chi connectivity index (χ0) is 20.1. The van der Waals surface area contributed by atoms with E-state index in [1.54, 1.807) is 24.3 Å². The molecular weight excluding hydrogens is 350 g/mol. The lowest BCUT2D eigenvalue weighted by Crippen LogP contribution is -2.03. The number of aryl methyl sites for hydroxylation is 1. The van der Waals surface area contributed by atoms with Crippen LogP contribution in [0.3, 0.4) is 0 Å². The minimum Gasteiger partial charge on any atom is -0.493 e. The van der Waals surface area contributed by atoms with Gasteiger partial charge in [-0.3, -0.25) is 9.78 Å². The smallest absolute Gasteiger partial charge is 0.328 e. The van der Waals surface area contributed by atoms with Crippen LogP contribution in [0, 0.1) is 0 Å². The topological polar surface area (TPSA) is 114 Å². The quantitative estimate of drug-likeness (QED) is 0.542. The van der Waals surface area contributed by atoms with E-state index >= 15 is 0 Å². The number of carboxylic acids is 2. The number of aliphatic carboxylic acids is 2. The lowest BCUT2D eigenvalue weighted by atomic mass is 10.2. The van der Waals surface area contributed by atoms with Crippen LogP contribution in [0.15, 0.2) is 54.7 Å². The van der Waals surface area contributed by atoms with E-state index in [-0.39, 0.29) is 0 Å². The Morgan fingerprint density at radius 3 is 2.11 bits per heavy atom. The molecule has 7 nitrogen and oxygen atoms in total. The average molecular weight is 371 g/mol. The van der Waals surface area contributed by atoms with Gasteiger partial charge in [0.05, 0.1) is 6.61 Å². The van der Waals surface area contributed by atoms with E-state index in [4.69, 9.17) is 14.9 Å². The number of carbonyl (C=O) groups excluding carboxylic acids is 1. The summed E-state index contributed by atoms with van der Waals surface area (Å²) in [4.78, 5) is 34.0. The number of nitrogens with zero attached hydrogens (tertiary/aromatic N) is 1. The maximum absolute atomic E-state index is 10.5. The Hall–Kier alpha value is -3.48. The molecule has 0 bridgehead atoms. The van der Waals surface area contributed by atoms with Crippen LogP contribution in [-0.4, -0.2) is 40.0 Å². The summed E-state index contributed by atoms with van der Waals surface area (Å²) in [7, 11) is 0. The van der Waals surface area contributed by atoms with Gasteiger partial charge in [-0.1, -0.05) is 13.0 Å². The molecule has 0 aliphatic heterocycles. The van der Waals surface area contributed by atoms with Crippen molar-refractivity contribution in [1.29, 1.82) is 0 Å². The number of ether oxygens (including phenoxy) is 1. The summed E-state index contributed by atoms with van der Waals surface area (Å²) in [5.41, 5.74) is 2.93. The normalized spacial score (nSPS) is 9.96. The van der Waals surface area contributed by atoms with Crippen LogP contribution in [0.1, 0.15) is 28.5 Å². The number of carbonyl (C=O) groups is 3. The molecule has 0 spiro atoms. The fourth-order valence-corrected chi connectivity index (χ4v) is 1.87. The molecule has 0 radical (unpaired) electrons. The third-order valence-corrected chi connectivity index (χ3v) is 3.31. The predicted molar refractivity (Wildman–Crippen MR) is 99.1 cm³/mol. The van der Waals surface area contributed by atoms with Gasteiger partial charge in [-0.25, -0.2) is 9.59 Å². The zero-order valence-corrected chi connectivity index (χ0v) is 14.9. The summed E-state index contributed by atoms with van der Waals surface area (Å²) in [5, 5.41) is 15.6. The maximum atomic E-state index is 10.5. The minimum atomic E-state index is -1.26. The van der Waals surface area contributed by atoms with Crippen LogP contribution in [0.4, 0.5) is 0 Å². The van der Waals surface area contributed by atoms with Crippen LogP contribution in [0.2, 0.25) is 0 Å². The van der Waals surface area contributed by atoms with E-state index in [0.717, 1.165) is 30.6 Å². The van der Waals surface area contributed by atoms with Gasteiger partial charge in [-0.2, -0.15) is 0 Å². The fourth-order valence-electron chi connectivity index (χ4n) is 1.87. The van der Waals surface area contributed by atoms with Gasteiger partial charge in [0.15, 0.2) is 0 Å². The van der Waals surface area contributed by atoms with Crippen LogP contribution in [0.5, 0.6) is 5.75 Å². The summed E-state index contributed by atoms with van der Waals surface area (Å²) in [6.45, 7) is 2.70. The van der Waals surface area contributed by atoms with Crippen molar-refractivity contribution in [2.45, 2.75) is 19.8 Å². The molecule has 0 saturated heterocycles. The van der Waals surface area contributed by atoms with E-state index in [1.807, 2.05) is 12.3 Å². The molecule has 1 heterocycles. The Labute approximate surface area is 156 Å². The van der Waals surface area contributed by atoms with Gasteiger partial charge >= 0.3 is 11.9 Å². The lowest BCUT2D eigenvalue weighted by Gasteiger charge is -2.06. The Kier molecular flexibility index (Phi) is 9.56. The number of pyridine rings is 1. The van der Waals surface area contributed by atoms with Crippen molar-refractivity contribution in [2.75, 3.05) is 6.61 Å². The monoisotopic (exact) mass is 371 g/mol. The van der Waals surface area contributed by atoms with Gasteiger partial charge in [0, 0.05) is 36.0 Å². The molecule has 0 unspecified atom stereocenters. The standard InChI is InChI=1S/C16H17NO2.C4H4O4/c1-2-13-3-6-15(17-11-13)9-10-19-16-7-4-14(12-18)5-8-16;5-3(6)1-2-4(7)8/h3-8,11-12H,2,9-10H2,1H3;1-2H,(H,5,6)(H,7,8). The van der Waals surface area contributed by atoms with Crippen LogP contribution < -0.4 is 4.74 Å². The number of aromatic nitrogens is 1. The Morgan fingerprint density at radius 2 is 1.67 bits per heavy atom. The van der Waals surface area contributed by atoms with Gasteiger partial charge in [0.1, 0.15) is 12.0 Å². The molecule has 1 aromatic carbocycles. The number of hydrogen-bond acceptors (Lipinski definition) is 5. The maximum Gasteiger partial charge on any atom is 0.328 e. The average Bonchev–Trinajstić information content (AvgIpc) is 2.68. The van der Waals surface area contributed by atoms with Gasteiger partial charge in [0.25, 0.3) is 0 Å². The first-order valence-corrected chi connectivity index (χ1v) is 8.20. The first-order chi connectivity index (χ1) is 12.9. The van der Waals surface area contributed by atoms with Crippen molar-refractivity contribution in [1.82, 2.24) is 4.98 Å². The van der Waals surface area contributed by atoms with Crippen LogP contribution in [0.25, 0.3) is 0 Å². The molecule has 0 amide bonds. The third kappa shape index (κ3) is 9.54. The van der Waals surface area contributed by atoms with Crippen LogP contribution >= 0.6 is 0 Å². The van der Waals surface area contributed by atoms with Crippen molar-refractivity contribution in [3.63, 3.8) is 0 Å². The van der Waals surface area contributed by atoms with Crippen LogP contribution in [-0.2, 0) is 22.4 Å². The highest BCUT2D eigenvalue weighted by molar-refractivity contribution is 5.89. The Bertz CT molecular complexity index is 750. The molecule has 0 atom stereocenters. The number of rotatable bonds is 8. The summed E-state index contributed by atoms with van der Waals surface area (Å²) < 4.78 is 5.61. The molecular formula is C20H21NO6. The largest absolute Gasteiger partial charge is 0.493 e. The lowest BCUT2D eigenvalue weighted by molar-refractivity contribution is -0.134. The zero-order valence-electron chi connectivity index (χ0n) is 14.9. The first kappa shape index (κ1) is 21.6. The fraction of sp³-hybridized carbons (Fsp3) is 0.200. The van der Waals surface area contributed by atoms with E-state index in [2.05, 4.69) is 18.0 Å². The number of aldehydes is 1. The Balaban J connectivity index is 0.000000387. The van der Waals surface area contributed by atoms with E-state index in [9.17, 15) is 14.4 Å². The number of carboxylic acid groups (broad SMARTS) is 2.